The van der Waals surface area contributed by atoms with Gasteiger partial charge in [0.25, 0.3) is 6.47 Å². The van der Waals surface area contributed by atoms with Crippen molar-refractivity contribution in [2.45, 2.75) is 0 Å². The molecule has 0 heterocycles. The molecule has 0 atom stereocenters. The number of carbonyl (C=O) groups is 1. The molecule has 0 fully saturated rings. The van der Waals surface area contributed by atoms with Gasteiger partial charge in [0.2, 0.25) is 0 Å². The van der Waals surface area contributed by atoms with E-state index in [1.54, 1.807) is 0 Å². The molecule has 22 valence electrons. The van der Waals surface area contributed by atoms with Gasteiger partial charge < -0.3 is 5.11 Å². The van der Waals surface area contributed by atoms with Gasteiger partial charge in [-0.2, -0.15) is 0 Å². The summed E-state index contributed by atoms with van der Waals surface area (Å²) in [6.07, 6.45) is 0. The zero-order valence-electron chi connectivity index (χ0n) is 1.93. The quantitative estimate of drug-likeness (QED) is 0.620. The Hall–Kier alpha value is 0.522. The van der Waals surface area contributed by atoms with Crippen molar-refractivity contribution in [1.82, 2.24) is 0 Å². The third-order valence-corrected chi connectivity index (χ3v) is 0. The molecule has 1 N–H and O–H groups in total. The monoisotopic (exact) mass is 284 g/mol. The Morgan fingerprint density at radius 3 is 1.75 bits per heavy atom. The van der Waals surface area contributed by atoms with E-state index in [0.717, 1.165) is 0 Å². The third kappa shape index (κ3) is 21.4. The van der Waals surface area contributed by atoms with E-state index in [-0.39, 0.29) is 37.6 Å². The van der Waals surface area contributed by atoms with Crippen molar-refractivity contribution in [3.05, 3.63) is 0 Å². The van der Waals surface area contributed by atoms with Crippen LogP contribution in [0.3, 0.4) is 0 Å². The van der Waals surface area contributed by atoms with Crippen LogP contribution in [0.1, 0.15) is 0 Å². The summed E-state index contributed by atoms with van der Waals surface area (Å²) in [4.78, 5) is 8.36. The van der Waals surface area contributed by atoms with Crippen LogP contribution in [0.25, 0.3) is 0 Å². The Morgan fingerprint density at radius 2 is 1.75 bits per heavy atom. The summed E-state index contributed by atoms with van der Waals surface area (Å²) in [6, 6.07) is 0. The van der Waals surface area contributed by atoms with E-state index in [1.165, 1.54) is 0 Å². The zero-order chi connectivity index (χ0) is 2.71. The molecular formula is CH2O2U. The summed E-state index contributed by atoms with van der Waals surface area (Å²) in [5, 5.41) is 6.89. The molecule has 0 aliphatic carbocycles. The van der Waals surface area contributed by atoms with E-state index in [1.807, 2.05) is 0 Å². The van der Waals surface area contributed by atoms with Crippen LogP contribution in [0.15, 0.2) is 0 Å². The molecule has 0 bridgehead atoms. The van der Waals surface area contributed by atoms with Gasteiger partial charge in [-0.05, 0) is 0 Å². The number of rotatable bonds is 0. The molecule has 0 saturated carbocycles. The largest absolute Gasteiger partial charge is 0.483 e. The van der Waals surface area contributed by atoms with Crippen molar-refractivity contribution in [3.8, 4) is 0 Å². The van der Waals surface area contributed by atoms with Crippen molar-refractivity contribution < 1.29 is 41.0 Å². The van der Waals surface area contributed by atoms with Crippen LogP contribution in [0.4, 0.5) is 0 Å². The van der Waals surface area contributed by atoms with E-state index in [0.29, 0.717) is 0 Å². The van der Waals surface area contributed by atoms with E-state index in [9.17, 15) is 0 Å². The van der Waals surface area contributed by atoms with E-state index in [2.05, 4.69) is 0 Å². The van der Waals surface area contributed by atoms with Crippen LogP contribution in [0, 0.1) is 31.1 Å². The second-order valence-electron chi connectivity index (χ2n) is 0.105. The van der Waals surface area contributed by atoms with Crippen LogP contribution in [-0.4, -0.2) is 11.6 Å². The summed E-state index contributed by atoms with van der Waals surface area (Å²) in [5.41, 5.74) is 0. The zero-order valence-corrected chi connectivity index (χ0v) is 6.10. The van der Waals surface area contributed by atoms with Crippen LogP contribution in [-0.2, 0) is 4.79 Å². The first-order valence-electron chi connectivity index (χ1n) is 0.494. The Labute approximate surface area is 47.6 Å². The van der Waals surface area contributed by atoms with Crippen LogP contribution in [0.5, 0.6) is 0 Å². The predicted octanol–water partition coefficient (Wildman–Crippen LogP) is -0.299. The van der Waals surface area contributed by atoms with Crippen molar-refractivity contribution in [1.29, 1.82) is 0 Å². The van der Waals surface area contributed by atoms with Crippen LogP contribution in [0.2, 0.25) is 0 Å². The minimum Gasteiger partial charge on any atom is -0.483 e. The van der Waals surface area contributed by atoms with Crippen LogP contribution < -0.4 is 0 Å². The third-order valence-electron chi connectivity index (χ3n) is 0. The fourth-order valence-corrected chi connectivity index (χ4v) is 0. The normalized spacial score (nSPS) is 3.00. The van der Waals surface area contributed by atoms with E-state index in [4.69, 9.17) is 9.90 Å². The van der Waals surface area contributed by atoms with Gasteiger partial charge in [0, 0.05) is 31.1 Å². The van der Waals surface area contributed by atoms with Gasteiger partial charge in [-0.25, -0.2) is 0 Å². The first-order valence-corrected chi connectivity index (χ1v) is 0.494. The van der Waals surface area contributed by atoms with Crippen molar-refractivity contribution >= 4 is 6.47 Å². The minimum absolute atomic E-state index is 0. The standard InChI is InChI=1S/CH2O2.U/c2-1-3;/h1H,(H,2,3);. The Balaban J connectivity index is 0. The summed E-state index contributed by atoms with van der Waals surface area (Å²) in [6.45, 7) is -0.250. The molecule has 2 nitrogen and oxygen atoms in total. The molecule has 0 aromatic rings. The smallest absolute Gasteiger partial charge is 0.290 e. The Kier molecular flexibility index (Phi) is 21.3. The number of carboxylic acid groups (broad SMARTS) is 1. The second kappa shape index (κ2) is 9.67. The van der Waals surface area contributed by atoms with Crippen molar-refractivity contribution in [2.75, 3.05) is 0 Å². The maximum absolute atomic E-state index is 8.36. The molecular weight excluding hydrogens is 282 g/mol. The topological polar surface area (TPSA) is 37.3 Å². The second-order valence-corrected chi connectivity index (χ2v) is 0.105. The maximum atomic E-state index is 8.36. The fourth-order valence-electron chi connectivity index (χ4n) is 0. The first kappa shape index (κ1) is 8.82. The van der Waals surface area contributed by atoms with Crippen LogP contribution >= 0.6 is 0 Å². The van der Waals surface area contributed by atoms with Gasteiger partial charge in [0.1, 0.15) is 0 Å². The molecule has 0 aliphatic rings. The first-order chi connectivity index (χ1) is 1.41. The average molecular weight is 284 g/mol. The van der Waals surface area contributed by atoms with Gasteiger partial charge >= 0.3 is 0 Å². The minimum atomic E-state index is -0.250. The predicted molar refractivity (Wildman–Crippen MR) is 8.69 cm³/mol. The van der Waals surface area contributed by atoms with Crippen molar-refractivity contribution in [2.24, 2.45) is 0 Å². The molecule has 0 rings (SSSR count). The molecule has 0 radical (unpaired) electrons. The molecule has 4 heavy (non-hydrogen) atoms. The average Bonchev–Trinajstić information content (AvgIpc) is 0.918. The number of hydrogen-bond donors (Lipinski definition) is 1. The molecule has 0 aliphatic heterocycles. The van der Waals surface area contributed by atoms with Gasteiger partial charge in [-0.15, -0.1) is 0 Å². The molecule has 0 spiro atoms. The summed E-state index contributed by atoms with van der Waals surface area (Å²) in [5.74, 6) is 0. The molecule has 0 unspecified atom stereocenters. The maximum Gasteiger partial charge on any atom is 0.290 e. The molecule has 0 saturated heterocycles. The number of hydrogen-bond acceptors (Lipinski definition) is 1. The summed E-state index contributed by atoms with van der Waals surface area (Å²) < 4.78 is 0. The summed E-state index contributed by atoms with van der Waals surface area (Å²) >= 11 is 0. The molecule has 0 aromatic heterocycles. The van der Waals surface area contributed by atoms with Gasteiger partial charge in [-0.1, -0.05) is 0 Å². The van der Waals surface area contributed by atoms with Gasteiger partial charge in [0.15, 0.2) is 0 Å². The molecule has 3 heteroatoms. The Bertz CT molecular complexity index is 13.5. The van der Waals surface area contributed by atoms with Crippen molar-refractivity contribution in [3.63, 3.8) is 0 Å². The van der Waals surface area contributed by atoms with E-state index < -0.39 is 0 Å². The fraction of sp³-hybridized carbons (Fsp3) is 0. The molecule has 0 aromatic carbocycles. The SMILES string of the molecule is O=CO.[U]. The molecule has 0 amide bonds. The van der Waals surface area contributed by atoms with Gasteiger partial charge in [-0.3, -0.25) is 4.79 Å². The van der Waals surface area contributed by atoms with E-state index >= 15 is 0 Å². The van der Waals surface area contributed by atoms with Gasteiger partial charge in [0.05, 0.1) is 0 Å². The summed E-state index contributed by atoms with van der Waals surface area (Å²) in [7, 11) is 0. The Morgan fingerprint density at radius 1 is 1.75 bits per heavy atom.